The van der Waals surface area contributed by atoms with Crippen LogP contribution in [0, 0.1) is 0 Å². The molecule has 17 heavy (non-hydrogen) atoms. The van der Waals surface area contributed by atoms with Crippen LogP contribution < -0.4 is 5.32 Å². The van der Waals surface area contributed by atoms with Crippen molar-refractivity contribution >= 4 is 0 Å². The van der Waals surface area contributed by atoms with Crippen molar-refractivity contribution in [3.63, 3.8) is 0 Å². The predicted octanol–water partition coefficient (Wildman–Crippen LogP) is 1.54. The average Bonchev–Trinajstić information content (AvgIpc) is 2.73. The second-order valence-corrected chi connectivity index (χ2v) is 5.90. The number of likely N-dealkylation sites (tertiary alicyclic amines) is 2. The molecule has 2 fully saturated rings. The van der Waals surface area contributed by atoms with Gasteiger partial charge in [0.25, 0.3) is 0 Å². The van der Waals surface area contributed by atoms with E-state index >= 15 is 0 Å². The molecule has 0 aromatic carbocycles. The minimum absolute atomic E-state index is 0.791. The first-order valence-corrected chi connectivity index (χ1v) is 7.38. The van der Waals surface area contributed by atoms with Crippen LogP contribution in [0.3, 0.4) is 0 Å². The summed E-state index contributed by atoms with van der Waals surface area (Å²) in [7, 11) is 4.54. The maximum Gasteiger partial charge on any atom is 0.0218 e. The highest BCUT2D eigenvalue weighted by molar-refractivity contribution is 4.79. The lowest BCUT2D eigenvalue weighted by atomic mass is 10.0. The van der Waals surface area contributed by atoms with Crippen molar-refractivity contribution in [2.45, 2.75) is 50.6 Å². The van der Waals surface area contributed by atoms with Crippen LogP contribution in [0.15, 0.2) is 0 Å². The number of likely N-dealkylation sites (N-methyl/N-ethyl adjacent to an activating group) is 1. The molecule has 0 saturated carbocycles. The van der Waals surface area contributed by atoms with Gasteiger partial charge in [-0.05, 0) is 65.8 Å². The highest BCUT2D eigenvalue weighted by Crippen LogP contribution is 2.17. The summed E-state index contributed by atoms with van der Waals surface area (Å²) < 4.78 is 0. The van der Waals surface area contributed by atoms with Gasteiger partial charge in [-0.3, -0.25) is 0 Å². The zero-order valence-electron chi connectivity index (χ0n) is 11.6. The summed E-state index contributed by atoms with van der Waals surface area (Å²) in [6.45, 7) is 4.97. The lowest BCUT2D eigenvalue weighted by Gasteiger charge is -2.32. The molecule has 0 bridgehead atoms. The Bertz CT molecular complexity index is 220. The molecular formula is C14H29N3. The van der Waals surface area contributed by atoms with Gasteiger partial charge in [0.1, 0.15) is 0 Å². The van der Waals surface area contributed by atoms with Gasteiger partial charge in [0.05, 0.1) is 0 Å². The van der Waals surface area contributed by atoms with E-state index in [1.54, 1.807) is 0 Å². The van der Waals surface area contributed by atoms with Crippen LogP contribution in [0.5, 0.6) is 0 Å². The van der Waals surface area contributed by atoms with E-state index in [4.69, 9.17) is 0 Å². The molecule has 0 aromatic rings. The third-order valence-corrected chi connectivity index (χ3v) is 4.63. The van der Waals surface area contributed by atoms with Crippen LogP contribution in [0.25, 0.3) is 0 Å². The van der Waals surface area contributed by atoms with Gasteiger partial charge in [-0.25, -0.2) is 0 Å². The first-order valence-electron chi connectivity index (χ1n) is 7.38. The van der Waals surface area contributed by atoms with Crippen molar-refractivity contribution in [2.75, 3.05) is 40.3 Å². The van der Waals surface area contributed by atoms with Crippen molar-refractivity contribution in [3.8, 4) is 0 Å². The molecule has 3 nitrogen and oxygen atoms in total. The maximum absolute atomic E-state index is 3.66. The van der Waals surface area contributed by atoms with Crippen molar-refractivity contribution in [1.29, 1.82) is 0 Å². The Balaban J connectivity index is 1.56. The fourth-order valence-corrected chi connectivity index (χ4v) is 3.28. The van der Waals surface area contributed by atoms with Gasteiger partial charge in [-0.15, -0.1) is 0 Å². The number of nitrogens with zero attached hydrogens (tertiary/aromatic N) is 2. The Kier molecular flexibility index (Phi) is 5.26. The first-order chi connectivity index (χ1) is 8.27. The summed E-state index contributed by atoms with van der Waals surface area (Å²) >= 11 is 0. The first kappa shape index (κ1) is 13.3. The molecule has 2 heterocycles. The van der Waals surface area contributed by atoms with Crippen LogP contribution in [0.2, 0.25) is 0 Å². The molecule has 0 aromatic heterocycles. The second-order valence-electron chi connectivity index (χ2n) is 5.90. The van der Waals surface area contributed by atoms with E-state index in [0.29, 0.717) is 0 Å². The van der Waals surface area contributed by atoms with Crippen molar-refractivity contribution in [2.24, 2.45) is 0 Å². The summed E-state index contributed by atoms with van der Waals surface area (Å²) in [5, 5.41) is 3.66. The van der Waals surface area contributed by atoms with Crippen LogP contribution >= 0.6 is 0 Å². The summed E-state index contributed by atoms with van der Waals surface area (Å²) in [5.74, 6) is 0. The number of piperidine rings is 1. The quantitative estimate of drug-likeness (QED) is 0.734. The fourth-order valence-electron chi connectivity index (χ4n) is 3.28. The second kappa shape index (κ2) is 6.72. The minimum atomic E-state index is 0.791. The van der Waals surface area contributed by atoms with Crippen LogP contribution in [0.1, 0.15) is 38.5 Å². The summed E-state index contributed by atoms with van der Waals surface area (Å²) in [4.78, 5) is 5.05. The molecule has 100 valence electrons. The summed E-state index contributed by atoms with van der Waals surface area (Å²) in [5.41, 5.74) is 0. The average molecular weight is 239 g/mol. The Labute approximate surface area is 107 Å². The van der Waals surface area contributed by atoms with E-state index in [2.05, 4.69) is 29.2 Å². The smallest absolute Gasteiger partial charge is 0.0218 e. The molecule has 1 N–H and O–H groups in total. The van der Waals surface area contributed by atoms with Gasteiger partial charge in [-0.2, -0.15) is 0 Å². The Morgan fingerprint density at radius 2 is 1.65 bits per heavy atom. The molecule has 3 heteroatoms. The van der Waals surface area contributed by atoms with Gasteiger partial charge in [0, 0.05) is 18.6 Å². The van der Waals surface area contributed by atoms with E-state index in [9.17, 15) is 0 Å². The zero-order chi connectivity index (χ0) is 12.1. The third kappa shape index (κ3) is 3.94. The molecule has 0 amide bonds. The molecule has 0 aliphatic carbocycles. The Hall–Kier alpha value is -0.120. The summed E-state index contributed by atoms with van der Waals surface area (Å²) in [6.07, 6.45) is 8.32. The predicted molar refractivity (Wildman–Crippen MR) is 73.4 cm³/mol. The van der Waals surface area contributed by atoms with Crippen molar-refractivity contribution in [3.05, 3.63) is 0 Å². The maximum atomic E-state index is 3.66. The zero-order valence-corrected chi connectivity index (χ0v) is 11.6. The van der Waals surface area contributed by atoms with Gasteiger partial charge in [-0.1, -0.05) is 6.42 Å². The van der Waals surface area contributed by atoms with Crippen LogP contribution in [-0.4, -0.2) is 62.2 Å². The largest absolute Gasteiger partial charge is 0.315 e. The normalized spacial score (nSPS) is 32.1. The Morgan fingerprint density at radius 1 is 0.941 bits per heavy atom. The standard InChI is InChI=1S/C14H29N3/c1-16-10-4-3-6-13(16)8-9-15-12-14-7-5-11-17(14)2/h13-15H,3-12H2,1-2H3. The molecule has 2 aliphatic rings. The summed E-state index contributed by atoms with van der Waals surface area (Å²) in [6, 6.07) is 1.62. The van der Waals surface area contributed by atoms with Gasteiger partial charge < -0.3 is 15.1 Å². The van der Waals surface area contributed by atoms with Gasteiger partial charge in [0.15, 0.2) is 0 Å². The molecule has 2 rings (SSSR count). The lowest BCUT2D eigenvalue weighted by molar-refractivity contribution is 0.174. The Morgan fingerprint density at radius 3 is 2.35 bits per heavy atom. The fraction of sp³-hybridized carbons (Fsp3) is 1.00. The van der Waals surface area contributed by atoms with E-state index in [-0.39, 0.29) is 0 Å². The van der Waals surface area contributed by atoms with E-state index in [1.807, 2.05) is 0 Å². The van der Waals surface area contributed by atoms with E-state index in [1.165, 1.54) is 64.7 Å². The highest BCUT2D eigenvalue weighted by atomic mass is 15.2. The molecule has 2 unspecified atom stereocenters. The van der Waals surface area contributed by atoms with Gasteiger partial charge in [0.2, 0.25) is 0 Å². The van der Waals surface area contributed by atoms with Crippen molar-refractivity contribution in [1.82, 2.24) is 15.1 Å². The monoisotopic (exact) mass is 239 g/mol. The topological polar surface area (TPSA) is 18.5 Å². The minimum Gasteiger partial charge on any atom is -0.315 e. The number of hydrogen-bond acceptors (Lipinski definition) is 3. The lowest BCUT2D eigenvalue weighted by Crippen LogP contribution is -2.40. The SMILES string of the molecule is CN1CCCCC1CCNCC1CCCN1C. The number of nitrogens with one attached hydrogen (secondary N) is 1. The van der Waals surface area contributed by atoms with E-state index < -0.39 is 0 Å². The molecule has 0 spiro atoms. The molecule has 2 aliphatic heterocycles. The molecule has 2 saturated heterocycles. The molecule has 2 atom stereocenters. The van der Waals surface area contributed by atoms with Crippen LogP contribution in [-0.2, 0) is 0 Å². The number of rotatable bonds is 5. The highest BCUT2D eigenvalue weighted by Gasteiger charge is 2.21. The number of hydrogen-bond donors (Lipinski definition) is 1. The van der Waals surface area contributed by atoms with E-state index in [0.717, 1.165) is 12.1 Å². The van der Waals surface area contributed by atoms with Crippen molar-refractivity contribution < 1.29 is 0 Å². The molecular weight excluding hydrogens is 210 g/mol. The third-order valence-electron chi connectivity index (χ3n) is 4.63. The van der Waals surface area contributed by atoms with Crippen LogP contribution in [0.4, 0.5) is 0 Å². The van der Waals surface area contributed by atoms with Gasteiger partial charge >= 0.3 is 0 Å². The molecule has 0 radical (unpaired) electrons.